The Morgan fingerprint density at radius 2 is 2.33 bits per heavy atom. The van der Waals surface area contributed by atoms with Crippen LogP contribution in [-0.4, -0.2) is 23.4 Å². The van der Waals surface area contributed by atoms with Crippen LogP contribution < -0.4 is 5.73 Å². The molecule has 1 unspecified atom stereocenters. The van der Waals surface area contributed by atoms with E-state index in [1.807, 2.05) is 24.8 Å². The molecule has 100 valence electrons. The van der Waals surface area contributed by atoms with Gasteiger partial charge in [0.2, 0.25) is 5.91 Å². The number of hydrogen-bond acceptors (Lipinski definition) is 3. The van der Waals surface area contributed by atoms with Gasteiger partial charge in [-0.1, -0.05) is 13.0 Å². The lowest BCUT2D eigenvalue weighted by molar-refractivity contribution is -0.142. The monoisotopic (exact) mass is 266 g/mol. The van der Waals surface area contributed by atoms with Crippen LogP contribution in [0, 0.1) is 5.41 Å². The highest BCUT2D eigenvalue weighted by atomic mass is 32.1. The molecule has 0 radical (unpaired) electrons. The Balaban J connectivity index is 2.12. The summed E-state index contributed by atoms with van der Waals surface area (Å²) in [6.45, 7) is 5.20. The molecule has 1 heterocycles. The topological polar surface area (TPSA) is 46.3 Å². The summed E-state index contributed by atoms with van der Waals surface area (Å²) in [5.74, 6) is 0.225. The van der Waals surface area contributed by atoms with E-state index in [0.717, 1.165) is 25.8 Å². The van der Waals surface area contributed by atoms with Crippen molar-refractivity contribution in [1.82, 2.24) is 4.90 Å². The molecular weight excluding hydrogens is 244 g/mol. The van der Waals surface area contributed by atoms with Gasteiger partial charge in [-0.2, -0.15) is 0 Å². The fourth-order valence-electron chi connectivity index (χ4n) is 2.05. The number of nitrogens with zero attached hydrogens (tertiary/aromatic N) is 1. The fourth-order valence-corrected chi connectivity index (χ4v) is 2.76. The molecule has 1 atom stereocenters. The van der Waals surface area contributed by atoms with Gasteiger partial charge in [0, 0.05) is 17.5 Å². The molecule has 0 saturated heterocycles. The molecule has 1 aromatic heterocycles. The average molecular weight is 266 g/mol. The summed E-state index contributed by atoms with van der Waals surface area (Å²) in [6.07, 6.45) is 3.08. The Morgan fingerprint density at radius 3 is 2.78 bits per heavy atom. The highest BCUT2D eigenvalue weighted by Gasteiger charge is 2.40. The molecule has 1 aliphatic carbocycles. The first kappa shape index (κ1) is 13.6. The summed E-state index contributed by atoms with van der Waals surface area (Å²) in [5, 5.41) is 2.06. The number of rotatable bonds is 6. The maximum absolute atomic E-state index is 12.7. The highest BCUT2D eigenvalue weighted by Crippen LogP contribution is 2.34. The normalized spacial score (nSPS) is 18.4. The van der Waals surface area contributed by atoms with Crippen LogP contribution >= 0.6 is 11.3 Å². The van der Waals surface area contributed by atoms with Crippen LogP contribution in [0.1, 0.15) is 38.0 Å². The summed E-state index contributed by atoms with van der Waals surface area (Å²) in [6, 6.07) is 4.58. The van der Waals surface area contributed by atoms with Gasteiger partial charge in [0.25, 0.3) is 0 Å². The second kappa shape index (κ2) is 5.41. The minimum Gasteiger partial charge on any atom is -0.334 e. The van der Waals surface area contributed by atoms with Crippen LogP contribution in [0.5, 0.6) is 0 Å². The number of nitrogens with two attached hydrogens (primary N) is 1. The third-order valence-corrected chi connectivity index (χ3v) is 4.76. The number of hydrogen-bond donors (Lipinski definition) is 1. The largest absolute Gasteiger partial charge is 0.334 e. The molecule has 1 fully saturated rings. The predicted octanol–water partition coefficient (Wildman–Crippen LogP) is 2.61. The SMILES string of the molecule is CCC(C)(CN)C(=O)N(Cc1cccs1)C1CC1. The zero-order valence-electron chi connectivity index (χ0n) is 11.2. The van der Waals surface area contributed by atoms with Gasteiger partial charge in [0.15, 0.2) is 0 Å². The van der Waals surface area contributed by atoms with E-state index in [0.29, 0.717) is 12.6 Å². The molecule has 1 aromatic rings. The van der Waals surface area contributed by atoms with E-state index in [-0.39, 0.29) is 5.91 Å². The minimum absolute atomic E-state index is 0.225. The lowest BCUT2D eigenvalue weighted by Crippen LogP contribution is -2.46. The van der Waals surface area contributed by atoms with E-state index in [2.05, 4.69) is 11.4 Å². The van der Waals surface area contributed by atoms with Gasteiger partial charge in [-0.3, -0.25) is 4.79 Å². The van der Waals surface area contributed by atoms with Crippen molar-refractivity contribution in [3.8, 4) is 0 Å². The molecule has 4 heteroatoms. The Labute approximate surface area is 113 Å². The van der Waals surface area contributed by atoms with Crippen molar-refractivity contribution in [2.75, 3.05) is 6.54 Å². The van der Waals surface area contributed by atoms with Crippen molar-refractivity contribution in [2.45, 2.75) is 45.7 Å². The summed E-state index contributed by atoms with van der Waals surface area (Å²) < 4.78 is 0. The number of carbonyl (C=O) groups excluding carboxylic acids is 1. The third kappa shape index (κ3) is 2.75. The van der Waals surface area contributed by atoms with Crippen molar-refractivity contribution in [2.24, 2.45) is 11.1 Å². The molecule has 1 aliphatic rings. The van der Waals surface area contributed by atoms with Crippen LogP contribution in [0.2, 0.25) is 0 Å². The van der Waals surface area contributed by atoms with E-state index >= 15 is 0 Å². The lowest BCUT2D eigenvalue weighted by atomic mass is 9.86. The predicted molar refractivity (Wildman–Crippen MR) is 75.3 cm³/mol. The van der Waals surface area contributed by atoms with E-state index in [1.165, 1.54) is 4.88 Å². The van der Waals surface area contributed by atoms with Crippen molar-refractivity contribution < 1.29 is 4.79 Å². The maximum Gasteiger partial charge on any atom is 0.230 e. The van der Waals surface area contributed by atoms with Crippen LogP contribution in [0.4, 0.5) is 0 Å². The van der Waals surface area contributed by atoms with Gasteiger partial charge in [-0.05, 0) is 37.6 Å². The number of amides is 1. The van der Waals surface area contributed by atoms with Gasteiger partial charge >= 0.3 is 0 Å². The van der Waals surface area contributed by atoms with Crippen LogP contribution in [0.25, 0.3) is 0 Å². The first-order valence-corrected chi connectivity index (χ1v) is 7.52. The quantitative estimate of drug-likeness (QED) is 0.860. The summed E-state index contributed by atoms with van der Waals surface area (Å²) in [5.41, 5.74) is 5.40. The summed E-state index contributed by atoms with van der Waals surface area (Å²) in [7, 11) is 0. The van der Waals surface area contributed by atoms with E-state index in [4.69, 9.17) is 5.73 Å². The first-order valence-electron chi connectivity index (χ1n) is 6.64. The molecule has 3 nitrogen and oxygen atoms in total. The van der Waals surface area contributed by atoms with Gasteiger partial charge in [-0.25, -0.2) is 0 Å². The van der Waals surface area contributed by atoms with Crippen molar-refractivity contribution >= 4 is 17.2 Å². The Morgan fingerprint density at radius 1 is 1.61 bits per heavy atom. The molecule has 0 aromatic carbocycles. The maximum atomic E-state index is 12.7. The lowest BCUT2D eigenvalue weighted by Gasteiger charge is -2.33. The number of thiophene rings is 1. The Bertz CT molecular complexity index is 394. The third-order valence-electron chi connectivity index (χ3n) is 3.90. The van der Waals surface area contributed by atoms with Crippen molar-refractivity contribution in [3.05, 3.63) is 22.4 Å². The zero-order valence-corrected chi connectivity index (χ0v) is 12.0. The standard InChI is InChI=1S/C14H22N2OS/c1-3-14(2,10-15)13(17)16(11-6-7-11)9-12-5-4-8-18-12/h4-5,8,11H,3,6-7,9-10,15H2,1-2H3. The molecular formula is C14H22N2OS. The molecule has 2 N–H and O–H groups in total. The summed E-state index contributed by atoms with van der Waals surface area (Å²) >= 11 is 1.71. The Kier molecular flexibility index (Phi) is 4.07. The average Bonchev–Trinajstić information content (AvgIpc) is 3.11. The summed E-state index contributed by atoms with van der Waals surface area (Å²) in [4.78, 5) is 16.0. The van der Waals surface area contributed by atoms with Crippen molar-refractivity contribution in [1.29, 1.82) is 0 Å². The van der Waals surface area contributed by atoms with Gasteiger partial charge in [0.1, 0.15) is 0 Å². The minimum atomic E-state index is -0.403. The highest BCUT2D eigenvalue weighted by molar-refractivity contribution is 7.09. The molecule has 1 amide bonds. The van der Waals surface area contributed by atoms with Crippen LogP contribution in [0.3, 0.4) is 0 Å². The Hall–Kier alpha value is -0.870. The second-order valence-electron chi connectivity index (χ2n) is 5.36. The molecule has 1 saturated carbocycles. The first-order chi connectivity index (χ1) is 8.60. The number of carbonyl (C=O) groups is 1. The molecule has 2 rings (SSSR count). The zero-order chi connectivity index (χ0) is 13.2. The van der Waals surface area contributed by atoms with Gasteiger partial charge < -0.3 is 10.6 Å². The van der Waals surface area contributed by atoms with E-state index < -0.39 is 5.41 Å². The fraction of sp³-hybridized carbons (Fsp3) is 0.643. The van der Waals surface area contributed by atoms with Gasteiger partial charge in [-0.15, -0.1) is 11.3 Å². The molecule has 18 heavy (non-hydrogen) atoms. The van der Waals surface area contributed by atoms with E-state index in [1.54, 1.807) is 11.3 Å². The van der Waals surface area contributed by atoms with Gasteiger partial charge in [0.05, 0.1) is 12.0 Å². The smallest absolute Gasteiger partial charge is 0.230 e. The second-order valence-corrected chi connectivity index (χ2v) is 6.39. The molecule has 0 spiro atoms. The molecule has 0 bridgehead atoms. The van der Waals surface area contributed by atoms with E-state index in [9.17, 15) is 4.79 Å². The van der Waals surface area contributed by atoms with Crippen LogP contribution in [-0.2, 0) is 11.3 Å². The van der Waals surface area contributed by atoms with Crippen molar-refractivity contribution in [3.63, 3.8) is 0 Å². The van der Waals surface area contributed by atoms with Crippen LogP contribution in [0.15, 0.2) is 17.5 Å². The molecule has 0 aliphatic heterocycles.